The fraction of sp³-hybridized carbons (Fsp3) is 0.833. The molecule has 2 nitrogen and oxygen atoms in total. The minimum Gasteiger partial charge on any atom is -0.382 e. The maximum atomic E-state index is 4.83. The monoisotopic (exact) mass is 145 g/mol. The molecule has 0 N–H and O–H groups in total. The largest absolute Gasteiger partial charge is 0.382 e. The Morgan fingerprint density at radius 1 is 1.78 bits per heavy atom. The highest BCUT2D eigenvalue weighted by atomic mass is 32.1. The van der Waals surface area contributed by atoms with Gasteiger partial charge in [0.05, 0.1) is 0 Å². The van der Waals surface area contributed by atoms with Gasteiger partial charge in [-0.15, -0.1) is 12.6 Å². The van der Waals surface area contributed by atoms with Crippen molar-refractivity contribution in [2.24, 2.45) is 11.1 Å². The van der Waals surface area contributed by atoms with E-state index in [1.165, 1.54) is 12.8 Å². The summed E-state index contributed by atoms with van der Waals surface area (Å²) in [6.45, 7) is 1.84. The van der Waals surface area contributed by atoms with Crippen LogP contribution in [-0.2, 0) is 4.84 Å². The van der Waals surface area contributed by atoms with Crippen LogP contribution in [0.1, 0.15) is 19.8 Å². The molecule has 0 amide bonds. The van der Waals surface area contributed by atoms with Gasteiger partial charge in [-0.25, -0.2) is 0 Å². The van der Waals surface area contributed by atoms with E-state index in [0.717, 1.165) is 0 Å². The first-order valence-electron chi connectivity index (χ1n) is 3.16. The molecule has 1 unspecified atom stereocenters. The lowest BCUT2D eigenvalue weighted by Gasteiger charge is -1.98. The Balaban J connectivity index is 2.01. The zero-order chi connectivity index (χ0) is 6.69. The summed E-state index contributed by atoms with van der Waals surface area (Å²) in [4.78, 5) is 4.83. The fourth-order valence-electron chi connectivity index (χ4n) is 0.455. The normalized spacial score (nSPS) is 22.4. The first kappa shape index (κ1) is 6.93. The lowest BCUT2D eigenvalue weighted by atomic mass is 10.5. The van der Waals surface area contributed by atoms with Gasteiger partial charge in [-0.3, -0.25) is 0 Å². The van der Waals surface area contributed by atoms with E-state index in [-0.39, 0.29) is 5.44 Å². The first-order chi connectivity index (χ1) is 4.29. The molecule has 1 rings (SSSR count). The van der Waals surface area contributed by atoms with Gasteiger partial charge in [-0.2, -0.15) is 0 Å². The van der Waals surface area contributed by atoms with Crippen LogP contribution in [0.3, 0.4) is 0 Å². The van der Waals surface area contributed by atoms with E-state index in [1.54, 1.807) is 0 Å². The van der Waals surface area contributed by atoms with E-state index in [4.69, 9.17) is 4.84 Å². The molecule has 0 aliphatic heterocycles. The molecule has 0 radical (unpaired) electrons. The third-order valence-electron chi connectivity index (χ3n) is 1.11. The number of oxime groups is 1. The molecular weight excluding hydrogens is 134 g/mol. The zero-order valence-corrected chi connectivity index (χ0v) is 6.34. The smallest absolute Gasteiger partial charge is 0.167 e. The average molecular weight is 145 g/mol. The van der Waals surface area contributed by atoms with Gasteiger partial charge < -0.3 is 4.84 Å². The van der Waals surface area contributed by atoms with Crippen molar-refractivity contribution in [3.05, 3.63) is 0 Å². The van der Waals surface area contributed by atoms with Gasteiger partial charge in [0.15, 0.2) is 5.44 Å². The van der Waals surface area contributed by atoms with Crippen LogP contribution < -0.4 is 0 Å². The number of nitrogens with zero attached hydrogens (tertiary/aromatic N) is 1. The molecule has 0 aromatic heterocycles. The Morgan fingerprint density at radius 3 is 2.89 bits per heavy atom. The molecule has 1 atom stereocenters. The molecule has 0 aromatic carbocycles. The van der Waals surface area contributed by atoms with E-state index in [2.05, 4.69) is 17.8 Å². The molecule has 9 heavy (non-hydrogen) atoms. The van der Waals surface area contributed by atoms with Crippen molar-refractivity contribution in [3.63, 3.8) is 0 Å². The molecule has 3 heteroatoms. The van der Waals surface area contributed by atoms with Crippen molar-refractivity contribution in [2.45, 2.75) is 25.2 Å². The minimum absolute atomic E-state index is 0.0833. The van der Waals surface area contributed by atoms with Gasteiger partial charge in [0.1, 0.15) is 0 Å². The summed E-state index contributed by atoms with van der Waals surface area (Å²) in [5.41, 5.74) is -0.0833. The Kier molecular flexibility index (Phi) is 2.39. The molecule has 0 aromatic rings. The molecule has 0 bridgehead atoms. The van der Waals surface area contributed by atoms with Gasteiger partial charge in [0.2, 0.25) is 0 Å². The summed E-state index contributed by atoms with van der Waals surface area (Å²) < 4.78 is 0. The van der Waals surface area contributed by atoms with Crippen LogP contribution in [0, 0.1) is 5.92 Å². The summed E-state index contributed by atoms with van der Waals surface area (Å²) in [5.74, 6) is 0.692. The van der Waals surface area contributed by atoms with Crippen LogP contribution in [0.25, 0.3) is 0 Å². The first-order valence-corrected chi connectivity index (χ1v) is 3.68. The second-order valence-corrected chi connectivity index (χ2v) is 3.02. The van der Waals surface area contributed by atoms with Crippen LogP contribution in [-0.4, -0.2) is 11.7 Å². The maximum absolute atomic E-state index is 4.83. The number of hydrogen-bond acceptors (Lipinski definition) is 3. The van der Waals surface area contributed by atoms with Gasteiger partial charge >= 0.3 is 0 Å². The second-order valence-electron chi connectivity index (χ2n) is 2.30. The number of rotatable bonds is 3. The van der Waals surface area contributed by atoms with Crippen LogP contribution in [0.2, 0.25) is 0 Å². The average Bonchev–Trinajstić information content (AvgIpc) is 2.48. The summed E-state index contributed by atoms with van der Waals surface area (Å²) in [6, 6.07) is 0. The van der Waals surface area contributed by atoms with Crippen molar-refractivity contribution in [3.8, 4) is 0 Å². The SMILES string of the molecule is CC(S)ON=CC1CC1. The number of thiol groups is 1. The van der Waals surface area contributed by atoms with Crippen LogP contribution >= 0.6 is 12.6 Å². The Morgan fingerprint density at radius 2 is 2.44 bits per heavy atom. The fourth-order valence-corrected chi connectivity index (χ4v) is 0.509. The molecule has 1 fully saturated rings. The highest BCUT2D eigenvalue weighted by Crippen LogP contribution is 2.26. The summed E-state index contributed by atoms with van der Waals surface area (Å²) >= 11 is 3.98. The van der Waals surface area contributed by atoms with Crippen LogP contribution in [0.15, 0.2) is 5.16 Å². The molecule has 1 aliphatic carbocycles. The predicted molar refractivity (Wildman–Crippen MR) is 40.7 cm³/mol. The molecule has 1 saturated carbocycles. The molecule has 1 aliphatic rings. The van der Waals surface area contributed by atoms with Crippen LogP contribution in [0.4, 0.5) is 0 Å². The highest BCUT2D eigenvalue weighted by Gasteiger charge is 2.18. The third-order valence-corrected chi connectivity index (χ3v) is 1.20. The molecule has 52 valence electrons. The second kappa shape index (κ2) is 3.11. The van der Waals surface area contributed by atoms with Crippen LogP contribution in [0.5, 0.6) is 0 Å². The van der Waals surface area contributed by atoms with Crippen molar-refractivity contribution in [2.75, 3.05) is 0 Å². The third kappa shape index (κ3) is 3.40. The van der Waals surface area contributed by atoms with E-state index >= 15 is 0 Å². The van der Waals surface area contributed by atoms with Crippen molar-refractivity contribution >= 4 is 18.8 Å². The lowest BCUT2D eigenvalue weighted by molar-refractivity contribution is 0.136. The standard InChI is InChI=1S/C6H11NOS/c1-5(9)8-7-4-6-2-3-6/h4-6,9H,2-3H2,1H3. The van der Waals surface area contributed by atoms with Crippen molar-refractivity contribution in [1.29, 1.82) is 0 Å². The zero-order valence-electron chi connectivity index (χ0n) is 5.45. The quantitative estimate of drug-likeness (QED) is 0.277. The summed E-state index contributed by atoms with van der Waals surface area (Å²) in [7, 11) is 0. The van der Waals surface area contributed by atoms with E-state index in [1.807, 2.05) is 13.1 Å². The topological polar surface area (TPSA) is 21.6 Å². The Hall–Kier alpha value is -0.180. The van der Waals surface area contributed by atoms with Gasteiger partial charge in [-0.1, -0.05) is 5.16 Å². The predicted octanol–water partition coefficient (Wildman–Crippen LogP) is 1.67. The Bertz CT molecular complexity index is 110. The van der Waals surface area contributed by atoms with Crippen molar-refractivity contribution in [1.82, 2.24) is 0 Å². The molecule has 0 saturated heterocycles. The van der Waals surface area contributed by atoms with Crippen molar-refractivity contribution < 1.29 is 4.84 Å². The molecule has 0 spiro atoms. The van der Waals surface area contributed by atoms with Gasteiger partial charge in [-0.05, 0) is 25.7 Å². The molecular formula is C6H11NOS. The lowest BCUT2D eigenvalue weighted by Crippen LogP contribution is -1.92. The minimum atomic E-state index is -0.0833. The van der Waals surface area contributed by atoms with E-state index in [9.17, 15) is 0 Å². The summed E-state index contributed by atoms with van der Waals surface area (Å²) in [5, 5.41) is 3.73. The summed E-state index contributed by atoms with van der Waals surface area (Å²) in [6.07, 6.45) is 4.40. The van der Waals surface area contributed by atoms with E-state index < -0.39 is 0 Å². The molecule has 0 heterocycles. The van der Waals surface area contributed by atoms with Gasteiger partial charge in [0, 0.05) is 6.21 Å². The van der Waals surface area contributed by atoms with E-state index in [0.29, 0.717) is 5.92 Å². The maximum Gasteiger partial charge on any atom is 0.167 e. The Labute approximate surface area is 60.7 Å². The number of hydrogen-bond donors (Lipinski definition) is 1. The van der Waals surface area contributed by atoms with Gasteiger partial charge in [0.25, 0.3) is 0 Å². The highest BCUT2D eigenvalue weighted by molar-refractivity contribution is 7.80.